The summed E-state index contributed by atoms with van der Waals surface area (Å²) in [4.78, 5) is 29.4. The summed E-state index contributed by atoms with van der Waals surface area (Å²) in [6.07, 6.45) is 7.25. The Morgan fingerprint density at radius 3 is 2.83 bits per heavy atom. The van der Waals surface area contributed by atoms with Crippen LogP contribution >= 0.6 is 0 Å². The van der Waals surface area contributed by atoms with E-state index in [4.69, 9.17) is 0 Å². The van der Waals surface area contributed by atoms with Gasteiger partial charge in [-0.3, -0.25) is 9.69 Å². The fourth-order valence-electron chi connectivity index (χ4n) is 4.81. The van der Waals surface area contributed by atoms with Crippen molar-refractivity contribution in [3.8, 4) is 0 Å². The van der Waals surface area contributed by atoms with Crippen molar-refractivity contribution in [2.45, 2.75) is 31.7 Å². The van der Waals surface area contributed by atoms with Crippen molar-refractivity contribution in [2.24, 2.45) is 5.92 Å². The number of hydrogen-bond acceptors (Lipinski definition) is 5. The summed E-state index contributed by atoms with van der Waals surface area (Å²) >= 11 is 0. The number of nitrogens with zero attached hydrogens (tertiary/aromatic N) is 4. The van der Waals surface area contributed by atoms with Crippen LogP contribution in [0.25, 0.3) is 11.0 Å². The number of fused-ring (bicyclic) bond motifs is 1. The second kappa shape index (κ2) is 7.95. The Labute approximate surface area is 171 Å². The van der Waals surface area contributed by atoms with Crippen LogP contribution in [0, 0.1) is 5.92 Å². The number of Topliss-reactive ketones (excluding diaryl/α,β-unsaturated/α-hetero) is 1. The summed E-state index contributed by atoms with van der Waals surface area (Å²) in [5, 5.41) is 1.10. The molecule has 0 aliphatic carbocycles. The minimum absolute atomic E-state index is 0.363. The van der Waals surface area contributed by atoms with Gasteiger partial charge < -0.3 is 9.88 Å². The topological polar surface area (TPSA) is 65.1 Å². The number of piperidine rings is 1. The van der Waals surface area contributed by atoms with Gasteiger partial charge in [-0.2, -0.15) is 0 Å². The average molecular weight is 390 g/mol. The largest absolute Gasteiger partial charge is 0.354 e. The number of benzene rings is 1. The number of ketones is 1. The standard InChI is InChI=1S/C23H27N5O/c29-20(11-17-5-2-1-3-6-17)12-18-13-28(14-18)19-7-4-10-27(15-19)23-21-8-9-24-22(21)25-16-26-23/h1-3,5-6,8-9,16,18-19H,4,7,10-15H2,(H,24,25,26). The lowest BCUT2D eigenvalue weighted by atomic mass is 9.89. The van der Waals surface area contributed by atoms with Crippen LogP contribution in [0.5, 0.6) is 0 Å². The predicted octanol–water partition coefficient (Wildman–Crippen LogP) is 3.06. The van der Waals surface area contributed by atoms with Gasteiger partial charge in [0.15, 0.2) is 0 Å². The van der Waals surface area contributed by atoms with Crippen LogP contribution in [0.3, 0.4) is 0 Å². The minimum atomic E-state index is 0.363. The van der Waals surface area contributed by atoms with E-state index in [1.165, 1.54) is 12.8 Å². The van der Waals surface area contributed by atoms with E-state index in [2.05, 4.69) is 30.8 Å². The number of H-pyrrole nitrogens is 1. The molecule has 3 aromatic rings. The van der Waals surface area contributed by atoms with Crippen LogP contribution in [0.15, 0.2) is 48.9 Å². The molecule has 1 aromatic carbocycles. The van der Waals surface area contributed by atoms with Crippen LogP contribution in [0.4, 0.5) is 5.82 Å². The Kier molecular flexibility index (Phi) is 5.02. The number of likely N-dealkylation sites (tertiary alicyclic amines) is 1. The summed E-state index contributed by atoms with van der Waals surface area (Å²) in [7, 11) is 0. The zero-order valence-corrected chi connectivity index (χ0v) is 16.6. The van der Waals surface area contributed by atoms with Gasteiger partial charge in [0.2, 0.25) is 0 Å². The van der Waals surface area contributed by atoms with E-state index in [1.54, 1.807) is 6.33 Å². The Morgan fingerprint density at radius 1 is 1.10 bits per heavy atom. The zero-order valence-electron chi connectivity index (χ0n) is 16.6. The first kappa shape index (κ1) is 18.3. The molecule has 0 spiro atoms. The average Bonchev–Trinajstić information content (AvgIpc) is 3.20. The highest BCUT2D eigenvalue weighted by Crippen LogP contribution is 2.30. The van der Waals surface area contributed by atoms with Gasteiger partial charge in [0.25, 0.3) is 0 Å². The van der Waals surface area contributed by atoms with Crippen LogP contribution in [-0.2, 0) is 11.2 Å². The summed E-state index contributed by atoms with van der Waals surface area (Å²) in [6, 6.07) is 12.7. The van der Waals surface area contributed by atoms with Gasteiger partial charge in [-0.15, -0.1) is 0 Å². The normalized spacial score (nSPS) is 20.7. The molecule has 2 aliphatic heterocycles. The van der Waals surface area contributed by atoms with Crippen LogP contribution < -0.4 is 4.90 Å². The number of nitrogens with one attached hydrogen (secondary N) is 1. The molecule has 0 radical (unpaired) electrons. The molecule has 1 atom stereocenters. The number of carbonyl (C=O) groups excluding carboxylic acids is 1. The molecule has 0 bridgehead atoms. The lowest BCUT2D eigenvalue weighted by Gasteiger charge is -2.48. The quantitative estimate of drug-likeness (QED) is 0.702. The highest BCUT2D eigenvalue weighted by Gasteiger charge is 2.35. The smallest absolute Gasteiger partial charge is 0.142 e. The van der Waals surface area contributed by atoms with Gasteiger partial charge in [0.05, 0.1) is 5.39 Å². The molecule has 0 amide bonds. The number of rotatable bonds is 6. The lowest BCUT2D eigenvalue weighted by molar-refractivity contribution is -0.121. The number of anilines is 1. The van der Waals surface area contributed by atoms with Crippen molar-refractivity contribution in [2.75, 3.05) is 31.1 Å². The number of aromatic amines is 1. The number of hydrogen-bond donors (Lipinski definition) is 1. The molecule has 4 heterocycles. The molecule has 2 saturated heterocycles. The van der Waals surface area contributed by atoms with E-state index < -0.39 is 0 Å². The van der Waals surface area contributed by atoms with Crippen molar-refractivity contribution in [1.29, 1.82) is 0 Å². The van der Waals surface area contributed by atoms with E-state index in [0.717, 1.165) is 48.6 Å². The maximum Gasteiger partial charge on any atom is 0.142 e. The first-order valence-corrected chi connectivity index (χ1v) is 10.6. The van der Waals surface area contributed by atoms with E-state index in [0.29, 0.717) is 30.6 Å². The van der Waals surface area contributed by atoms with Gasteiger partial charge in [0, 0.05) is 51.3 Å². The third-order valence-electron chi connectivity index (χ3n) is 6.29. The third-order valence-corrected chi connectivity index (χ3v) is 6.29. The maximum absolute atomic E-state index is 12.4. The molecule has 1 N–H and O–H groups in total. The Bertz CT molecular complexity index is 979. The third kappa shape index (κ3) is 3.90. The van der Waals surface area contributed by atoms with Crippen LogP contribution in [-0.4, -0.2) is 57.9 Å². The number of aromatic nitrogens is 3. The van der Waals surface area contributed by atoms with Crippen molar-refractivity contribution >= 4 is 22.6 Å². The maximum atomic E-state index is 12.4. The Morgan fingerprint density at radius 2 is 1.97 bits per heavy atom. The van der Waals surface area contributed by atoms with Gasteiger partial charge in [-0.25, -0.2) is 9.97 Å². The highest BCUT2D eigenvalue weighted by molar-refractivity contribution is 5.87. The first-order valence-electron chi connectivity index (χ1n) is 10.6. The SMILES string of the molecule is O=C(Cc1ccccc1)CC1CN(C2CCCN(c3ncnc4[nH]ccc34)C2)C1. The molecule has 2 aromatic heterocycles. The van der Waals surface area contributed by atoms with Gasteiger partial charge in [-0.1, -0.05) is 30.3 Å². The minimum Gasteiger partial charge on any atom is -0.354 e. The van der Waals surface area contributed by atoms with E-state index in [-0.39, 0.29) is 0 Å². The Hall–Kier alpha value is -2.73. The second-order valence-electron chi connectivity index (χ2n) is 8.40. The molecule has 0 saturated carbocycles. The van der Waals surface area contributed by atoms with Crippen LogP contribution in [0.2, 0.25) is 0 Å². The molecule has 6 heteroatoms. The Balaban J connectivity index is 1.15. The van der Waals surface area contributed by atoms with Gasteiger partial charge in [0.1, 0.15) is 23.6 Å². The predicted molar refractivity (Wildman–Crippen MR) is 114 cm³/mol. The van der Waals surface area contributed by atoms with Crippen molar-refractivity contribution in [3.05, 3.63) is 54.5 Å². The molecule has 2 fully saturated rings. The molecule has 2 aliphatic rings. The summed E-state index contributed by atoms with van der Waals surface area (Å²) < 4.78 is 0. The molecular formula is C23H27N5O. The zero-order chi connectivity index (χ0) is 19.6. The second-order valence-corrected chi connectivity index (χ2v) is 8.40. The van der Waals surface area contributed by atoms with E-state index >= 15 is 0 Å². The molecule has 1 unspecified atom stereocenters. The molecule has 5 rings (SSSR count). The van der Waals surface area contributed by atoms with Gasteiger partial charge in [-0.05, 0) is 30.4 Å². The van der Waals surface area contributed by atoms with E-state index in [9.17, 15) is 4.79 Å². The summed E-state index contributed by atoms with van der Waals surface area (Å²) in [6.45, 7) is 4.13. The summed E-state index contributed by atoms with van der Waals surface area (Å²) in [5.74, 6) is 1.91. The molecule has 150 valence electrons. The molecule has 29 heavy (non-hydrogen) atoms. The lowest BCUT2D eigenvalue weighted by Crippen LogP contribution is -2.57. The number of carbonyl (C=O) groups is 1. The first-order chi connectivity index (χ1) is 14.3. The summed E-state index contributed by atoms with van der Waals surface area (Å²) in [5.41, 5.74) is 2.02. The van der Waals surface area contributed by atoms with E-state index in [1.807, 2.05) is 36.5 Å². The fraction of sp³-hybridized carbons (Fsp3) is 0.435. The highest BCUT2D eigenvalue weighted by atomic mass is 16.1. The van der Waals surface area contributed by atoms with Gasteiger partial charge >= 0.3 is 0 Å². The molecular weight excluding hydrogens is 362 g/mol. The van der Waals surface area contributed by atoms with Crippen LogP contribution in [0.1, 0.15) is 24.8 Å². The van der Waals surface area contributed by atoms with Crippen molar-refractivity contribution < 1.29 is 4.79 Å². The monoisotopic (exact) mass is 389 g/mol. The molecule has 6 nitrogen and oxygen atoms in total. The van der Waals surface area contributed by atoms with Crippen molar-refractivity contribution in [3.63, 3.8) is 0 Å². The fourth-order valence-corrected chi connectivity index (χ4v) is 4.81. The van der Waals surface area contributed by atoms with Crippen molar-refractivity contribution in [1.82, 2.24) is 19.9 Å².